The average Bonchev–Trinajstić information content (AvgIpc) is 3.15. The number of nitrogens with two attached hydrogens (primary N) is 1. The van der Waals surface area contributed by atoms with E-state index in [0.717, 1.165) is 18.4 Å². The zero-order valence-corrected chi connectivity index (χ0v) is 32.8. The monoisotopic (exact) mass is 767 g/mol. The number of ether oxygens (including phenoxy) is 6. The second kappa shape index (κ2) is 32.6. The number of benzene rings is 1. The third-order valence-corrected chi connectivity index (χ3v) is 7.83. The Hall–Kier alpha value is -3.83. The van der Waals surface area contributed by atoms with Crippen LogP contribution in [0.1, 0.15) is 81.6 Å². The molecule has 1 aromatic rings. The predicted molar refractivity (Wildman–Crippen MR) is 204 cm³/mol. The van der Waals surface area contributed by atoms with Crippen LogP contribution in [0.3, 0.4) is 0 Å². The zero-order valence-electron chi connectivity index (χ0n) is 32.8. The molecule has 0 unspecified atom stereocenters. The van der Waals surface area contributed by atoms with Gasteiger partial charge in [0.1, 0.15) is 19.3 Å². The van der Waals surface area contributed by atoms with Gasteiger partial charge >= 0.3 is 6.09 Å². The van der Waals surface area contributed by atoms with Gasteiger partial charge in [0, 0.05) is 44.5 Å². The highest BCUT2D eigenvalue weighted by molar-refractivity contribution is 5.94. The number of amides is 4. The highest BCUT2D eigenvalue weighted by Gasteiger charge is 2.23. The summed E-state index contributed by atoms with van der Waals surface area (Å²) in [6.45, 7) is 11.3. The Balaban J connectivity index is 2.06. The van der Waals surface area contributed by atoms with Gasteiger partial charge in [-0.15, -0.1) is 0 Å². The normalized spacial score (nSPS) is 12.4. The Labute approximate surface area is 320 Å². The number of alkyl carbamates (subject to hydrolysis) is 1. The van der Waals surface area contributed by atoms with Crippen molar-refractivity contribution in [3.8, 4) is 0 Å². The Kier molecular flexibility index (Phi) is 29.1. The number of unbranched alkanes of at least 4 members (excludes halogenated alkanes) is 2. The molecule has 0 bridgehead atoms. The van der Waals surface area contributed by atoms with Crippen LogP contribution in [0.2, 0.25) is 0 Å². The van der Waals surface area contributed by atoms with Crippen molar-refractivity contribution in [1.29, 1.82) is 0 Å². The van der Waals surface area contributed by atoms with Gasteiger partial charge in [0.2, 0.25) is 11.8 Å². The molecule has 0 saturated heterocycles. The van der Waals surface area contributed by atoms with E-state index in [4.69, 9.17) is 39.0 Å². The van der Waals surface area contributed by atoms with E-state index in [9.17, 15) is 19.2 Å². The molecule has 308 valence electrons. The summed E-state index contributed by atoms with van der Waals surface area (Å²) in [5.74, 6) is -0.658. The lowest BCUT2D eigenvalue weighted by Gasteiger charge is -2.21. The lowest BCUT2D eigenvalue weighted by Crippen LogP contribution is -2.46. The van der Waals surface area contributed by atoms with E-state index >= 15 is 0 Å². The van der Waals surface area contributed by atoms with E-state index in [0.29, 0.717) is 116 Å². The van der Waals surface area contributed by atoms with Crippen LogP contribution in [-0.2, 0) is 49.5 Å². The van der Waals surface area contributed by atoms with Crippen molar-refractivity contribution in [2.45, 2.75) is 78.4 Å². The summed E-state index contributed by atoms with van der Waals surface area (Å²) in [4.78, 5) is 53.9. The topological polar surface area (TPSA) is 207 Å². The van der Waals surface area contributed by atoms with Crippen molar-refractivity contribution >= 4 is 30.0 Å². The summed E-state index contributed by atoms with van der Waals surface area (Å²) in [7, 11) is 1.54. The van der Waals surface area contributed by atoms with Crippen LogP contribution in [0.15, 0.2) is 29.4 Å². The molecule has 0 aliphatic heterocycles. The molecule has 0 heterocycles. The fourth-order valence-corrected chi connectivity index (χ4v) is 4.93. The molecule has 0 aliphatic rings. The molecular formula is C38H65N5O11. The van der Waals surface area contributed by atoms with E-state index < -0.39 is 18.0 Å². The molecule has 54 heavy (non-hydrogen) atoms. The summed E-state index contributed by atoms with van der Waals surface area (Å²) >= 11 is 0. The molecule has 0 aliphatic carbocycles. The largest absolute Gasteiger partial charge is 0.447 e. The van der Waals surface area contributed by atoms with E-state index in [-0.39, 0.29) is 30.9 Å². The number of hydrogen-bond donors (Lipinski definition) is 4. The number of methoxy groups -OCH3 is 1. The van der Waals surface area contributed by atoms with Crippen molar-refractivity contribution in [3.63, 3.8) is 0 Å². The minimum absolute atomic E-state index is 0.135. The molecule has 1 aromatic carbocycles. The Morgan fingerprint density at radius 1 is 0.833 bits per heavy atom. The summed E-state index contributed by atoms with van der Waals surface area (Å²) in [5, 5.41) is 12.3. The van der Waals surface area contributed by atoms with Gasteiger partial charge in [-0.05, 0) is 68.6 Å². The zero-order chi connectivity index (χ0) is 39.7. The fourth-order valence-electron chi connectivity index (χ4n) is 4.93. The molecule has 0 saturated carbocycles. The summed E-state index contributed by atoms with van der Waals surface area (Å²) in [5.41, 5.74) is 6.87. The maximum absolute atomic E-state index is 12.7. The Bertz CT molecular complexity index is 1190. The third-order valence-electron chi connectivity index (χ3n) is 7.83. The molecule has 4 amide bonds. The number of oxime groups is 1. The van der Waals surface area contributed by atoms with E-state index in [1.165, 1.54) is 7.11 Å². The molecule has 0 aromatic heterocycles. The van der Waals surface area contributed by atoms with Gasteiger partial charge in [0.25, 0.3) is 5.91 Å². The number of rotatable bonds is 34. The fraction of sp³-hybridized carbons (Fsp3) is 0.711. The van der Waals surface area contributed by atoms with Gasteiger partial charge in [0.05, 0.1) is 52.9 Å². The SMILES string of the molecule is CC[C@@H](CC(C)C)C(=O)N[C@@H](CCCCNC(=O)c1cccc(CO/N=C\CCCOCCOCCOCCOCCNC(=O)OCCOC)c1)C(N)=O. The number of nitrogens with one attached hydrogen (secondary N) is 3. The maximum atomic E-state index is 12.7. The van der Waals surface area contributed by atoms with E-state index in [1.807, 2.05) is 13.0 Å². The van der Waals surface area contributed by atoms with E-state index in [1.54, 1.807) is 24.4 Å². The maximum Gasteiger partial charge on any atom is 0.407 e. The van der Waals surface area contributed by atoms with Gasteiger partial charge < -0.3 is 54.9 Å². The lowest BCUT2D eigenvalue weighted by molar-refractivity contribution is -0.130. The minimum atomic E-state index is -0.724. The Morgan fingerprint density at radius 2 is 1.52 bits per heavy atom. The lowest BCUT2D eigenvalue weighted by atomic mass is 9.93. The number of primary amides is 1. The minimum Gasteiger partial charge on any atom is -0.447 e. The first-order valence-corrected chi connectivity index (χ1v) is 19.0. The van der Waals surface area contributed by atoms with Crippen molar-refractivity contribution in [3.05, 3.63) is 35.4 Å². The standard InChI is InChI=1S/C38H65N5O11/c1-5-32(27-30(2)3)37(46)43-34(35(39)44)13-6-7-14-40-36(45)33-12-10-11-31(28-33)29-54-42-15-8-9-17-49-20-22-51-24-25-52-23-21-50-18-16-41-38(47)53-26-19-48-4/h10-12,15,28,30,32,34H,5-9,13-14,16-27,29H2,1-4H3,(H2,39,44)(H,40,45)(H,41,47)(H,43,46)/b42-15-/t32-,34-/m0/s1. The molecule has 1 rings (SSSR count). The van der Waals surface area contributed by atoms with Crippen LogP contribution in [0.5, 0.6) is 0 Å². The predicted octanol–water partition coefficient (Wildman–Crippen LogP) is 3.35. The molecule has 0 radical (unpaired) electrons. The molecule has 2 atom stereocenters. The number of carbonyl (C=O) groups is 4. The molecule has 0 spiro atoms. The van der Waals surface area contributed by atoms with Crippen LogP contribution in [0.25, 0.3) is 0 Å². The second-order valence-corrected chi connectivity index (χ2v) is 12.9. The summed E-state index contributed by atoms with van der Waals surface area (Å²) in [6.07, 6.45) is 5.80. The summed E-state index contributed by atoms with van der Waals surface area (Å²) in [6, 6.07) is 6.42. The first-order chi connectivity index (χ1) is 26.2. The van der Waals surface area contributed by atoms with Gasteiger partial charge in [0.15, 0.2) is 0 Å². The quantitative estimate of drug-likeness (QED) is 0.0455. The third kappa shape index (κ3) is 26.0. The van der Waals surface area contributed by atoms with Gasteiger partial charge in [-0.1, -0.05) is 38.1 Å². The second-order valence-electron chi connectivity index (χ2n) is 12.9. The van der Waals surface area contributed by atoms with Crippen molar-refractivity contribution < 1.29 is 52.4 Å². The molecule has 5 N–H and O–H groups in total. The molecular weight excluding hydrogens is 702 g/mol. The van der Waals surface area contributed by atoms with Crippen LogP contribution in [-0.4, -0.2) is 122 Å². The molecule has 16 nitrogen and oxygen atoms in total. The molecule has 0 fully saturated rings. The first kappa shape index (κ1) is 48.2. The van der Waals surface area contributed by atoms with Gasteiger partial charge in [-0.25, -0.2) is 4.79 Å². The van der Waals surface area contributed by atoms with Crippen LogP contribution in [0, 0.1) is 11.8 Å². The van der Waals surface area contributed by atoms with Crippen LogP contribution >= 0.6 is 0 Å². The molecule has 16 heteroatoms. The number of carbonyl (C=O) groups excluding carboxylic acids is 4. The van der Waals surface area contributed by atoms with Gasteiger partial charge in [-0.3, -0.25) is 14.4 Å². The van der Waals surface area contributed by atoms with Crippen LogP contribution in [0.4, 0.5) is 4.79 Å². The van der Waals surface area contributed by atoms with Crippen molar-refractivity contribution in [1.82, 2.24) is 16.0 Å². The number of hydrogen-bond acceptors (Lipinski definition) is 12. The van der Waals surface area contributed by atoms with E-state index in [2.05, 4.69) is 35.0 Å². The average molecular weight is 768 g/mol. The van der Waals surface area contributed by atoms with Crippen molar-refractivity contribution in [2.24, 2.45) is 22.7 Å². The highest BCUT2D eigenvalue weighted by Crippen LogP contribution is 2.16. The van der Waals surface area contributed by atoms with Crippen LogP contribution < -0.4 is 21.7 Å². The number of nitrogens with zero attached hydrogens (tertiary/aromatic N) is 1. The van der Waals surface area contributed by atoms with Gasteiger partial charge in [-0.2, -0.15) is 0 Å². The smallest absolute Gasteiger partial charge is 0.407 e. The first-order valence-electron chi connectivity index (χ1n) is 19.0. The highest BCUT2D eigenvalue weighted by atomic mass is 16.6. The van der Waals surface area contributed by atoms with Crippen molar-refractivity contribution in [2.75, 3.05) is 86.3 Å². The Morgan fingerprint density at radius 3 is 2.17 bits per heavy atom. The summed E-state index contributed by atoms with van der Waals surface area (Å²) < 4.78 is 31.5.